The number of unbranched alkanes of at least 4 members (excludes halogenated alkanes) is 2. The predicted octanol–water partition coefficient (Wildman–Crippen LogP) is 4.35. The molecular formula is C15H24Si. The van der Waals surface area contributed by atoms with Crippen LogP contribution in [-0.4, -0.2) is 8.07 Å². The van der Waals surface area contributed by atoms with Crippen LogP contribution in [0.15, 0.2) is 42.5 Å². The lowest BCUT2D eigenvalue weighted by Gasteiger charge is -2.22. The van der Waals surface area contributed by atoms with Gasteiger partial charge < -0.3 is 0 Å². The first kappa shape index (κ1) is 13.2. The Morgan fingerprint density at radius 3 is 2.38 bits per heavy atom. The average Bonchev–Trinajstić information content (AvgIpc) is 2.30. The Labute approximate surface area is 101 Å². The summed E-state index contributed by atoms with van der Waals surface area (Å²) in [6.45, 7) is 7.07. The van der Waals surface area contributed by atoms with Gasteiger partial charge in [0.2, 0.25) is 0 Å². The minimum atomic E-state index is -1.16. The van der Waals surface area contributed by atoms with E-state index in [1.165, 1.54) is 25.3 Å². The lowest BCUT2D eigenvalue weighted by molar-refractivity contribution is 0.804. The fourth-order valence-corrected chi connectivity index (χ4v) is 4.55. The lowest BCUT2D eigenvalue weighted by atomic mass is 10.2. The molecule has 0 aliphatic carbocycles. The molecule has 1 aromatic rings. The van der Waals surface area contributed by atoms with Gasteiger partial charge in [-0.3, -0.25) is 0 Å². The lowest BCUT2D eigenvalue weighted by Crippen LogP contribution is -2.40. The molecule has 16 heavy (non-hydrogen) atoms. The maximum absolute atomic E-state index is 2.48. The van der Waals surface area contributed by atoms with Crippen molar-refractivity contribution in [3.8, 4) is 0 Å². The molecule has 0 spiro atoms. The first-order valence-electron chi connectivity index (χ1n) is 6.33. The van der Waals surface area contributed by atoms with Gasteiger partial charge in [-0.25, -0.2) is 0 Å². The van der Waals surface area contributed by atoms with Crippen LogP contribution >= 0.6 is 0 Å². The van der Waals surface area contributed by atoms with Crippen LogP contribution in [0.5, 0.6) is 0 Å². The Balaban J connectivity index is 2.40. The van der Waals surface area contributed by atoms with Gasteiger partial charge in [-0.05, 0) is 13.3 Å². The summed E-state index contributed by atoms with van der Waals surface area (Å²) in [6, 6.07) is 12.5. The Morgan fingerprint density at radius 2 is 1.75 bits per heavy atom. The number of hydrogen-bond donors (Lipinski definition) is 0. The highest BCUT2D eigenvalue weighted by Crippen LogP contribution is 2.15. The van der Waals surface area contributed by atoms with Crippen molar-refractivity contribution in [2.45, 2.75) is 45.3 Å². The normalized spacial score (nSPS) is 12.2. The van der Waals surface area contributed by atoms with Crippen LogP contribution in [0.25, 0.3) is 0 Å². The van der Waals surface area contributed by atoms with Crippen LogP contribution in [0.1, 0.15) is 26.2 Å². The Morgan fingerprint density at radius 1 is 1.06 bits per heavy atom. The second kappa shape index (κ2) is 6.69. The Kier molecular flexibility index (Phi) is 5.54. The van der Waals surface area contributed by atoms with E-state index < -0.39 is 8.07 Å². The molecule has 88 valence electrons. The Bertz CT molecular complexity index is 311. The summed E-state index contributed by atoms with van der Waals surface area (Å²) < 4.78 is 0. The number of allylic oxidation sites excluding steroid dienone is 2. The fraction of sp³-hybridized carbons (Fsp3) is 0.467. The van der Waals surface area contributed by atoms with E-state index in [2.05, 4.69) is 62.5 Å². The van der Waals surface area contributed by atoms with Crippen molar-refractivity contribution >= 4 is 13.3 Å². The van der Waals surface area contributed by atoms with Gasteiger partial charge in [0.05, 0.1) is 8.07 Å². The van der Waals surface area contributed by atoms with Crippen molar-refractivity contribution in [3.63, 3.8) is 0 Å². The summed E-state index contributed by atoms with van der Waals surface area (Å²) in [7, 11) is -1.16. The smallest absolute Gasteiger partial charge is 0.0806 e. The third kappa shape index (κ3) is 4.36. The zero-order chi connectivity index (χ0) is 11.9. The van der Waals surface area contributed by atoms with Crippen LogP contribution in [0.2, 0.25) is 19.1 Å². The van der Waals surface area contributed by atoms with Gasteiger partial charge >= 0.3 is 0 Å². The zero-order valence-electron chi connectivity index (χ0n) is 10.9. The summed E-state index contributed by atoms with van der Waals surface area (Å²) in [4.78, 5) is 0. The third-order valence-electron chi connectivity index (χ3n) is 3.21. The van der Waals surface area contributed by atoms with E-state index in [4.69, 9.17) is 0 Å². The van der Waals surface area contributed by atoms with Gasteiger partial charge in [-0.1, -0.05) is 79.7 Å². The third-order valence-corrected chi connectivity index (χ3v) is 6.71. The Hall–Kier alpha value is -0.823. The maximum atomic E-state index is 2.48. The molecule has 0 saturated heterocycles. The molecule has 0 nitrogen and oxygen atoms in total. The fourth-order valence-electron chi connectivity index (χ4n) is 2.03. The van der Waals surface area contributed by atoms with E-state index in [9.17, 15) is 0 Å². The van der Waals surface area contributed by atoms with E-state index in [1.54, 1.807) is 5.19 Å². The summed E-state index contributed by atoms with van der Waals surface area (Å²) in [5.74, 6) is 0. The molecule has 0 atom stereocenters. The SMILES string of the molecule is CC=CCCCC[Si](C)(C)c1ccccc1. The van der Waals surface area contributed by atoms with Crippen LogP contribution in [0, 0.1) is 0 Å². The molecular weight excluding hydrogens is 208 g/mol. The van der Waals surface area contributed by atoms with Crippen molar-refractivity contribution < 1.29 is 0 Å². The van der Waals surface area contributed by atoms with Gasteiger partial charge in [0, 0.05) is 0 Å². The molecule has 0 unspecified atom stereocenters. The monoisotopic (exact) mass is 232 g/mol. The highest BCUT2D eigenvalue weighted by atomic mass is 28.3. The summed E-state index contributed by atoms with van der Waals surface area (Å²) >= 11 is 0. The quantitative estimate of drug-likeness (QED) is 0.389. The van der Waals surface area contributed by atoms with E-state index in [0.717, 1.165) is 0 Å². The molecule has 0 saturated carbocycles. The maximum Gasteiger partial charge on any atom is 0.0806 e. The molecule has 0 aliphatic heterocycles. The highest BCUT2D eigenvalue weighted by molar-refractivity contribution is 6.89. The molecule has 0 amide bonds. The minimum absolute atomic E-state index is 1.16. The second-order valence-electron chi connectivity index (χ2n) is 5.06. The van der Waals surface area contributed by atoms with Crippen molar-refractivity contribution in [2.24, 2.45) is 0 Å². The molecule has 0 radical (unpaired) electrons. The summed E-state index contributed by atoms with van der Waals surface area (Å²) in [5.41, 5.74) is 0. The highest BCUT2D eigenvalue weighted by Gasteiger charge is 2.21. The molecule has 0 heterocycles. The molecule has 0 bridgehead atoms. The van der Waals surface area contributed by atoms with Crippen LogP contribution in [-0.2, 0) is 0 Å². The summed E-state index contributed by atoms with van der Waals surface area (Å²) in [5, 5.41) is 1.60. The van der Waals surface area contributed by atoms with E-state index in [0.29, 0.717) is 0 Å². The molecule has 1 aromatic carbocycles. The van der Waals surface area contributed by atoms with Crippen molar-refractivity contribution in [2.75, 3.05) is 0 Å². The van der Waals surface area contributed by atoms with Crippen LogP contribution in [0.3, 0.4) is 0 Å². The van der Waals surface area contributed by atoms with Crippen LogP contribution in [0.4, 0.5) is 0 Å². The van der Waals surface area contributed by atoms with E-state index >= 15 is 0 Å². The van der Waals surface area contributed by atoms with Crippen LogP contribution < -0.4 is 5.19 Å². The average molecular weight is 232 g/mol. The van der Waals surface area contributed by atoms with E-state index in [1.807, 2.05) is 0 Å². The van der Waals surface area contributed by atoms with Gasteiger partial charge in [0.1, 0.15) is 0 Å². The van der Waals surface area contributed by atoms with Gasteiger partial charge in [-0.15, -0.1) is 0 Å². The standard InChI is InChI=1S/C15H24Si/c1-4-5-6-7-11-14-16(2,3)15-12-9-8-10-13-15/h4-5,8-10,12-13H,6-7,11,14H2,1-3H3. The number of hydrogen-bond acceptors (Lipinski definition) is 0. The second-order valence-corrected chi connectivity index (χ2v) is 9.91. The zero-order valence-corrected chi connectivity index (χ0v) is 11.9. The first-order valence-corrected chi connectivity index (χ1v) is 9.54. The predicted molar refractivity (Wildman–Crippen MR) is 77.0 cm³/mol. The first-order chi connectivity index (χ1) is 7.67. The number of benzene rings is 1. The topological polar surface area (TPSA) is 0 Å². The van der Waals surface area contributed by atoms with Gasteiger partial charge in [0.25, 0.3) is 0 Å². The molecule has 1 heteroatoms. The molecule has 0 aliphatic rings. The molecule has 0 N–H and O–H groups in total. The van der Waals surface area contributed by atoms with Crippen molar-refractivity contribution in [1.82, 2.24) is 0 Å². The van der Waals surface area contributed by atoms with Crippen molar-refractivity contribution in [1.29, 1.82) is 0 Å². The molecule has 1 rings (SSSR count). The van der Waals surface area contributed by atoms with E-state index in [-0.39, 0.29) is 0 Å². The largest absolute Gasteiger partial charge is 0.0917 e. The minimum Gasteiger partial charge on any atom is -0.0917 e. The molecule has 0 aromatic heterocycles. The summed E-state index contributed by atoms with van der Waals surface area (Å²) in [6.07, 6.45) is 8.39. The number of rotatable bonds is 6. The van der Waals surface area contributed by atoms with Gasteiger partial charge in [-0.2, -0.15) is 0 Å². The molecule has 0 fully saturated rings. The van der Waals surface area contributed by atoms with Gasteiger partial charge in [0.15, 0.2) is 0 Å². The van der Waals surface area contributed by atoms with Crippen molar-refractivity contribution in [3.05, 3.63) is 42.5 Å².